The number of aromatic carboxylic acids is 1. The summed E-state index contributed by atoms with van der Waals surface area (Å²) < 4.78 is 0. The van der Waals surface area contributed by atoms with Crippen LogP contribution in [0.15, 0.2) is 18.2 Å². The first kappa shape index (κ1) is 13.4. The fourth-order valence-corrected chi connectivity index (χ4v) is 2.10. The van der Waals surface area contributed by atoms with E-state index in [-0.39, 0.29) is 22.9 Å². The molecule has 1 aliphatic rings. The molecule has 1 fully saturated rings. The van der Waals surface area contributed by atoms with Gasteiger partial charge in [0.05, 0.1) is 16.7 Å². The van der Waals surface area contributed by atoms with Crippen LogP contribution < -0.4 is 10.6 Å². The second-order valence-corrected chi connectivity index (χ2v) is 4.98. The lowest BCUT2D eigenvalue weighted by Gasteiger charge is -2.22. The Kier molecular flexibility index (Phi) is 3.44. The molecule has 4 N–H and O–H groups in total. The molecule has 19 heavy (non-hydrogen) atoms. The number of carbonyl (C=O) groups excluding carboxylic acids is 1. The Hall–Kier alpha value is -2.08. The smallest absolute Gasteiger partial charge is 0.337 e. The molecule has 6 heteroatoms. The lowest BCUT2D eigenvalue weighted by atomic mass is 9.88. The van der Waals surface area contributed by atoms with E-state index in [1.807, 2.05) is 6.92 Å². The van der Waals surface area contributed by atoms with E-state index in [2.05, 4.69) is 10.6 Å². The van der Waals surface area contributed by atoms with Crippen molar-refractivity contribution in [3.05, 3.63) is 23.8 Å². The molecule has 1 atom stereocenters. The van der Waals surface area contributed by atoms with Gasteiger partial charge in [-0.2, -0.15) is 0 Å². The van der Waals surface area contributed by atoms with Crippen molar-refractivity contribution in [2.45, 2.75) is 13.3 Å². The quantitative estimate of drug-likeness (QED) is 0.611. The summed E-state index contributed by atoms with van der Waals surface area (Å²) in [6, 6.07) is 3.85. The minimum atomic E-state index is -1.19. The standard InChI is InChI=1S/C13H16N2O4/c1-13(4-5-14-7-13)12(19)15-10-3-2-8(16)6-9(10)11(17)18/h2-3,6,14,16H,4-5,7H2,1H3,(H,15,19)(H,17,18). The van der Waals surface area contributed by atoms with Gasteiger partial charge < -0.3 is 20.8 Å². The van der Waals surface area contributed by atoms with Gasteiger partial charge >= 0.3 is 5.97 Å². The molecule has 1 heterocycles. The van der Waals surface area contributed by atoms with Gasteiger partial charge in [0, 0.05) is 6.54 Å². The van der Waals surface area contributed by atoms with Crippen LogP contribution in [0.3, 0.4) is 0 Å². The molecular weight excluding hydrogens is 248 g/mol. The van der Waals surface area contributed by atoms with Crippen molar-refractivity contribution in [1.82, 2.24) is 5.32 Å². The van der Waals surface area contributed by atoms with Crippen LogP contribution in [0.5, 0.6) is 5.75 Å². The highest BCUT2D eigenvalue weighted by Gasteiger charge is 2.36. The zero-order valence-electron chi connectivity index (χ0n) is 10.6. The van der Waals surface area contributed by atoms with Gasteiger partial charge in [0.25, 0.3) is 0 Å². The fraction of sp³-hybridized carbons (Fsp3) is 0.385. The molecule has 1 aromatic rings. The van der Waals surface area contributed by atoms with E-state index in [1.54, 1.807) is 0 Å². The summed E-state index contributed by atoms with van der Waals surface area (Å²) in [5.41, 5.74) is -0.459. The van der Waals surface area contributed by atoms with Gasteiger partial charge in [0.2, 0.25) is 5.91 Å². The van der Waals surface area contributed by atoms with Crippen LogP contribution in [-0.4, -0.2) is 35.2 Å². The second kappa shape index (κ2) is 4.89. The van der Waals surface area contributed by atoms with E-state index in [1.165, 1.54) is 12.1 Å². The number of phenols is 1. The van der Waals surface area contributed by atoms with Crippen molar-refractivity contribution in [3.8, 4) is 5.75 Å². The number of carboxylic acids is 1. The number of carbonyl (C=O) groups is 2. The molecule has 1 unspecified atom stereocenters. The zero-order valence-corrected chi connectivity index (χ0v) is 10.6. The van der Waals surface area contributed by atoms with Gasteiger partial charge in [-0.15, -0.1) is 0 Å². The maximum atomic E-state index is 12.2. The minimum absolute atomic E-state index is 0.122. The van der Waals surface area contributed by atoms with Gasteiger partial charge in [-0.3, -0.25) is 4.79 Å². The Balaban J connectivity index is 2.23. The van der Waals surface area contributed by atoms with Crippen molar-refractivity contribution in [2.24, 2.45) is 5.41 Å². The third-order valence-electron chi connectivity index (χ3n) is 3.40. The molecule has 0 spiro atoms. The average molecular weight is 264 g/mol. The van der Waals surface area contributed by atoms with Crippen LogP contribution >= 0.6 is 0 Å². The number of carboxylic acid groups (broad SMARTS) is 1. The lowest BCUT2D eigenvalue weighted by molar-refractivity contribution is -0.123. The third-order valence-corrected chi connectivity index (χ3v) is 3.40. The van der Waals surface area contributed by atoms with Crippen LogP contribution in [-0.2, 0) is 4.79 Å². The summed E-state index contributed by atoms with van der Waals surface area (Å²) in [5.74, 6) is -1.56. The van der Waals surface area contributed by atoms with E-state index in [4.69, 9.17) is 5.11 Å². The average Bonchev–Trinajstić information content (AvgIpc) is 2.79. The Morgan fingerprint density at radius 2 is 2.16 bits per heavy atom. The van der Waals surface area contributed by atoms with Crippen molar-refractivity contribution in [3.63, 3.8) is 0 Å². The maximum absolute atomic E-state index is 12.2. The van der Waals surface area contributed by atoms with Gasteiger partial charge in [0.15, 0.2) is 0 Å². The Morgan fingerprint density at radius 3 is 2.74 bits per heavy atom. The molecule has 1 amide bonds. The number of amides is 1. The monoisotopic (exact) mass is 264 g/mol. The van der Waals surface area contributed by atoms with E-state index in [9.17, 15) is 14.7 Å². The molecule has 0 aromatic heterocycles. The highest BCUT2D eigenvalue weighted by Crippen LogP contribution is 2.28. The van der Waals surface area contributed by atoms with E-state index in [0.717, 1.165) is 12.6 Å². The molecule has 1 saturated heterocycles. The van der Waals surface area contributed by atoms with Crippen LogP contribution in [0.25, 0.3) is 0 Å². The normalized spacial score (nSPS) is 22.2. The topological polar surface area (TPSA) is 98.7 Å². The summed E-state index contributed by atoms with van der Waals surface area (Å²) in [5, 5.41) is 24.1. The number of anilines is 1. The summed E-state index contributed by atoms with van der Waals surface area (Å²) in [4.78, 5) is 23.3. The van der Waals surface area contributed by atoms with Gasteiger partial charge in [-0.1, -0.05) is 0 Å². The number of hydrogen-bond donors (Lipinski definition) is 4. The summed E-state index contributed by atoms with van der Waals surface area (Å²) >= 11 is 0. The zero-order chi connectivity index (χ0) is 14.0. The predicted octanol–water partition coefficient (Wildman–Crippen LogP) is 1.03. The van der Waals surface area contributed by atoms with Gasteiger partial charge in [-0.05, 0) is 38.1 Å². The molecular formula is C13H16N2O4. The molecule has 6 nitrogen and oxygen atoms in total. The van der Waals surface area contributed by atoms with E-state index in [0.29, 0.717) is 13.0 Å². The van der Waals surface area contributed by atoms with E-state index < -0.39 is 11.4 Å². The molecule has 0 aliphatic carbocycles. The number of rotatable bonds is 3. The molecule has 0 radical (unpaired) electrons. The number of nitrogens with one attached hydrogen (secondary N) is 2. The molecule has 0 saturated carbocycles. The number of hydrogen-bond acceptors (Lipinski definition) is 4. The highest BCUT2D eigenvalue weighted by molar-refractivity contribution is 6.02. The maximum Gasteiger partial charge on any atom is 0.337 e. The first-order valence-electron chi connectivity index (χ1n) is 6.01. The number of benzene rings is 1. The van der Waals surface area contributed by atoms with Crippen LogP contribution in [0.4, 0.5) is 5.69 Å². The summed E-state index contributed by atoms with van der Waals surface area (Å²) in [6.07, 6.45) is 0.708. The Morgan fingerprint density at radius 1 is 1.42 bits per heavy atom. The first-order chi connectivity index (χ1) is 8.92. The van der Waals surface area contributed by atoms with Crippen molar-refractivity contribution < 1.29 is 19.8 Å². The Labute approximate surface area is 110 Å². The van der Waals surface area contributed by atoms with Crippen LogP contribution in [0.2, 0.25) is 0 Å². The third kappa shape index (κ3) is 2.68. The summed E-state index contributed by atoms with van der Waals surface area (Å²) in [7, 11) is 0. The van der Waals surface area contributed by atoms with Gasteiger partial charge in [0.1, 0.15) is 5.75 Å². The van der Waals surface area contributed by atoms with Crippen molar-refractivity contribution >= 4 is 17.6 Å². The first-order valence-corrected chi connectivity index (χ1v) is 6.01. The fourth-order valence-electron chi connectivity index (χ4n) is 2.10. The van der Waals surface area contributed by atoms with Crippen molar-refractivity contribution in [2.75, 3.05) is 18.4 Å². The number of aromatic hydroxyl groups is 1. The largest absolute Gasteiger partial charge is 0.508 e. The van der Waals surface area contributed by atoms with Crippen LogP contribution in [0, 0.1) is 5.41 Å². The Bertz CT molecular complexity index is 521. The SMILES string of the molecule is CC1(C(=O)Nc2ccc(O)cc2C(=O)O)CCNC1. The number of phenolic OH excluding ortho intramolecular Hbond substituents is 1. The lowest BCUT2D eigenvalue weighted by Crippen LogP contribution is -2.35. The summed E-state index contributed by atoms with van der Waals surface area (Å²) in [6.45, 7) is 3.17. The van der Waals surface area contributed by atoms with E-state index >= 15 is 0 Å². The molecule has 102 valence electrons. The predicted molar refractivity (Wildman–Crippen MR) is 69.3 cm³/mol. The minimum Gasteiger partial charge on any atom is -0.508 e. The molecule has 0 bridgehead atoms. The highest BCUT2D eigenvalue weighted by atomic mass is 16.4. The van der Waals surface area contributed by atoms with Crippen molar-refractivity contribution in [1.29, 1.82) is 0 Å². The molecule has 1 aromatic carbocycles. The molecule has 1 aliphatic heterocycles. The second-order valence-electron chi connectivity index (χ2n) is 4.98. The molecule has 2 rings (SSSR count). The van der Waals surface area contributed by atoms with Crippen LogP contribution in [0.1, 0.15) is 23.7 Å². The van der Waals surface area contributed by atoms with Gasteiger partial charge in [-0.25, -0.2) is 4.79 Å².